The first kappa shape index (κ1) is 22.4. The Hall–Kier alpha value is -2.79. The van der Waals surface area contributed by atoms with Crippen molar-refractivity contribution >= 4 is 5.91 Å². The number of hydrogen-bond donors (Lipinski definition) is 1. The van der Waals surface area contributed by atoms with Crippen LogP contribution < -0.4 is 5.32 Å². The van der Waals surface area contributed by atoms with Crippen LogP contribution in [0.25, 0.3) is 0 Å². The van der Waals surface area contributed by atoms with Crippen LogP contribution in [0.1, 0.15) is 43.2 Å². The van der Waals surface area contributed by atoms with Gasteiger partial charge in [0.05, 0.1) is 0 Å². The molecule has 1 saturated heterocycles. The molecule has 1 fully saturated rings. The summed E-state index contributed by atoms with van der Waals surface area (Å²) in [4.78, 5) is 15.7. The Bertz CT molecular complexity index is 863. The molecule has 0 spiro atoms. The molecule has 0 aromatic heterocycles. The van der Waals surface area contributed by atoms with E-state index in [-0.39, 0.29) is 18.7 Å². The summed E-state index contributed by atoms with van der Waals surface area (Å²) < 4.78 is 10.6. The van der Waals surface area contributed by atoms with Crippen LogP contribution in [0, 0.1) is 5.92 Å². The fourth-order valence-corrected chi connectivity index (χ4v) is 4.78. The van der Waals surface area contributed by atoms with E-state index in [2.05, 4.69) is 64.8 Å². The molecular weight excluding hydrogens is 400 g/mol. The monoisotopic (exact) mass is 434 g/mol. The van der Waals surface area contributed by atoms with Gasteiger partial charge in [-0.15, -0.1) is 0 Å². The number of hydrogen-bond acceptors (Lipinski definition) is 4. The quantitative estimate of drug-likeness (QED) is 0.592. The zero-order chi connectivity index (χ0) is 22.0. The molecular formula is C27H34N2O3. The number of allylic oxidation sites excluding steroid dienone is 1. The summed E-state index contributed by atoms with van der Waals surface area (Å²) in [7, 11) is 0. The molecule has 0 radical (unpaired) electrons. The molecule has 0 aliphatic carbocycles. The fourth-order valence-electron chi connectivity index (χ4n) is 4.78. The first-order valence-electron chi connectivity index (χ1n) is 11.8. The fraction of sp³-hybridized carbons (Fsp3) is 0.444. The Kier molecular flexibility index (Phi) is 8.21. The predicted molar refractivity (Wildman–Crippen MR) is 125 cm³/mol. The number of piperidine rings is 1. The normalized spacial score (nSPS) is 17.2. The van der Waals surface area contributed by atoms with Gasteiger partial charge in [0.2, 0.25) is 12.7 Å². The molecule has 0 saturated carbocycles. The molecule has 170 valence electrons. The lowest BCUT2D eigenvalue weighted by Crippen LogP contribution is -2.47. The number of carbonyl (C=O) groups is 1. The van der Waals surface area contributed by atoms with Crippen LogP contribution >= 0.6 is 0 Å². The van der Waals surface area contributed by atoms with Crippen LogP contribution in [0.15, 0.2) is 72.7 Å². The summed E-state index contributed by atoms with van der Waals surface area (Å²) >= 11 is 0. The van der Waals surface area contributed by atoms with Crippen LogP contribution in [-0.4, -0.2) is 36.7 Å². The average Bonchev–Trinajstić information content (AvgIpc) is 3.38. The van der Waals surface area contributed by atoms with Gasteiger partial charge in [0.25, 0.3) is 0 Å². The molecule has 2 aliphatic heterocycles. The Labute approximate surface area is 191 Å². The lowest BCUT2D eigenvalue weighted by atomic mass is 9.85. The second-order valence-corrected chi connectivity index (χ2v) is 8.70. The van der Waals surface area contributed by atoms with Crippen LogP contribution in [0.5, 0.6) is 0 Å². The predicted octanol–water partition coefficient (Wildman–Crippen LogP) is 4.64. The number of ether oxygens (including phenoxy) is 2. The number of nitrogens with one attached hydrogen (secondary N) is 1. The molecule has 1 N–H and O–H groups in total. The van der Waals surface area contributed by atoms with Crippen molar-refractivity contribution in [2.45, 2.75) is 51.1 Å². The molecule has 2 aromatic rings. The topological polar surface area (TPSA) is 50.8 Å². The zero-order valence-corrected chi connectivity index (χ0v) is 18.7. The first-order valence-corrected chi connectivity index (χ1v) is 11.8. The van der Waals surface area contributed by atoms with Crippen molar-refractivity contribution in [2.75, 3.05) is 19.9 Å². The van der Waals surface area contributed by atoms with E-state index in [0.29, 0.717) is 25.3 Å². The van der Waals surface area contributed by atoms with E-state index in [4.69, 9.17) is 9.47 Å². The molecule has 4 rings (SSSR count). The molecule has 1 amide bonds. The molecule has 0 bridgehead atoms. The van der Waals surface area contributed by atoms with Crippen molar-refractivity contribution in [2.24, 2.45) is 5.92 Å². The average molecular weight is 435 g/mol. The zero-order valence-electron chi connectivity index (χ0n) is 18.7. The maximum Gasteiger partial charge on any atom is 0.229 e. The van der Waals surface area contributed by atoms with Gasteiger partial charge in [0.1, 0.15) is 12.0 Å². The minimum atomic E-state index is 0.196. The van der Waals surface area contributed by atoms with Crippen molar-refractivity contribution in [1.29, 1.82) is 0 Å². The molecule has 5 heteroatoms. The summed E-state index contributed by atoms with van der Waals surface area (Å²) in [5.74, 6) is 1.47. The van der Waals surface area contributed by atoms with Crippen molar-refractivity contribution in [3.05, 3.63) is 83.8 Å². The molecule has 1 unspecified atom stereocenters. The van der Waals surface area contributed by atoms with E-state index in [9.17, 15) is 4.79 Å². The third kappa shape index (κ3) is 6.36. The number of nitrogens with zero attached hydrogens (tertiary/aromatic N) is 1. The summed E-state index contributed by atoms with van der Waals surface area (Å²) in [6.07, 6.45) is 6.84. The Balaban J connectivity index is 1.53. The SMILES string of the molecule is O=C(CCC1=COCO1)N(Cc1ccccc1)C(CCc1ccccc1)C1CCNCC1. The number of aryl methyl sites for hydroxylation is 1. The van der Waals surface area contributed by atoms with Gasteiger partial charge in [-0.1, -0.05) is 60.7 Å². The number of carbonyl (C=O) groups excluding carboxylic acids is 1. The molecule has 32 heavy (non-hydrogen) atoms. The van der Waals surface area contributed by atoms with E-state index < -0.39 is 0 Å². The van der Waals surface area contributed by atoms with Gasteiger partial charge in [0, 0.05) is 25.4 Å². The molecule has 2 heterocycles. The van der Waals surface area contributed by atoms with Gasteiger partial charge >= 0.3 is 0 Å². The standard InChI is InChI=1S/C27H34N2O3/c30-27(14-12-25-20-31-21-32-25)29(19-23-9-5-2-6-10-23)26(24-15-17-28-18-16-24)13-11-22-7-3-1-4-8-22/h1-10,20,24,26,28H,11-19,21H2. The highest BCUT2D eigenvalue weighted by molar-refractivity contribution is 5.76. The summed E-state index contributed by atoms with van der Waals surface area (Å²) in [5.41, 5.74) is 2.51. The summed E-state index contributed by atoms with van der Waals surface area (Å²) in [6.45, 7) is 2.96. The van der Waals surface area contributed by atoms with Crippen LogP contribution in [-0.2, 0) is 27.2 Å². The minimum Gasteiger partial charge on any atom is -0.462 e. The van der Waals surface area contributed by atoms with Crippen molar-refractivity contribution in [3.63, 3.8) is 0 Å². The lowest BCUT2D eigenvalue weighted by Gasteiger charge is -2.39. The maximum absolute atomic E-state index is 13.6. The van der Waals surface area contributed by atoms with Gasteiger partial charge < -0.3 is 19.7 Å². The lowest BCUT2D eigenvalue weighted by molar-refractivity contribution is -0.136. The van der Waals surface area contributed by atoms with Gasteiger partial charge in [0.15, 0.2) is 0 Å². The van der Waals surface area contributed by atoms with E-state index in [1.54, 1.807) is 6.26 Å². The van der Waals surface area contributed by atoms with Crippen LogP contribution in [0.3, 0.4) is 0 Å². The van der Waals surface area contributed by atoms with Gasteiger partial charge in [-0.25, -0.2) is 0 Å². The van der Waals surface area contributed by atoms with E-state index in [1.165, 1.54) is 11.1 Å². The van der Waals surface area contributed by atoms with E-state index >= 15 is 0 Å². The number of amides is 1. The molecule has 1 atom stereocenters. The molecule has 5 nitrogen and oxygen atoms in total. The van der Waals surface area contributed by atoms with Crippen molar-refractivity contribution in [1.82, 2.24) is 10.2 Å². The van der Waals surface area contributed by atoms with Gasteiger partial charge in [-0.3, -0.25) is 4.79 Å². The van der Waals surface area contributed by atoms with Crippen molar-refractivity contribution in [3.8, 4) is 0 Å². The van der Waals surface area contributed by atoms with Gasteiger partial charge in [-0.2, -0.15) is 0 Å². The third-order valence-corrected chi connectivity index (χ3v) is 6.53. The molecule has 2 aromatic carbocycles. The van der Waals surface area contributed by atoms with E-state index in [1.807, 2.05) is 6.07 Å². The number of benzene rings is 2. The largest absolute Gasteiger partial charge is 0.462 e. The summed E-state index contributed by atoms with van der Waals surface area (Å²) in [5, 5.41) is 3.48. The third-order valence-electron chi connectivity index (χ3n) is 6.53. The van der Waals surface area contributed by atoms with Crippen LogP contribution in [0.4, 0.5) is 0 Å². The van der Waals surface area contributed by atoms with Crippen LogP contribution in [0.2, 0.25) is 0 Å². The highest BCUT2D eigenvalue weighted by atomic mass is 16.7. The Morgan fingerprint density at radius 3 is 2.31 bits per heavy atom. The second kappa shape index (κ2) is 11.7. The second-order valence-electron chi connectivity index (χ2n) is 8.70. The Morgan fingerprint density at radius 1 is 0.969 bits per heavy atom. The Morgan fingerprint density at radius 2 is 1.66 bits per heavy atom. The first-order chi connectivity index (χ1) is 15.8. The minimum absolute atomic E-state index is 0.196. The maximum atomic E-state index is 13.6. The van der Waals surface area contributed by atoms with Gasteiger partial charge in [-0.05, 0) is 55.8 Å². The highest BCUT2D eigenvalue weighted by Gasteiger charge is 2.31. The summed E-state index contributed by atoms with van der Waals surface area (Å²) in [6, 6.07) is 21.2. The van der Waals surface area contributed by atoms with E-state index in [0.717, 1.165) is 44.5 Å². The number of rotatable bonds is 10. The smallest absolute Gasteiger partial charge is 0.229 e. The highest BCUT2D eigenvalue weighted by Crippen LogP contribution is 2.28. The van der Waals surface area contributed by atoms with Crippen molar-refractivity contribution < 1.29 is 14.3 Å². The molecule has 2 aliphatic rings.